The lowest BCUT2D eigenvalue weighted by atomic mass is 10.1. The van der Waals surface area contributed by atoms with Crippen molar-refractivity contribution >= 4 is 11.6 Å². The number of aromatic nitrogens is 2. The van der Waals surface area contributed by atoms with Crippen LogP contribution in [-0.2, 0) is 12.4 Å². The van der Waals surface area contributed by atoms with Crippen LogP contribution in [0.25, 0.3) is 5.69 Å². The monoisotopic (exact) mass is 424 g/mol. The number of carbonyl (C=O) groups is 1. The van der Waals surface area contributed by atoms with Gasteiger partial charge in [0.15, 0.2) is 5.69 Å². The van der Waals surface area contributed by atoms with E-state index in [9.17, 15) is 31.1 Å². The fourth-order valence-electron chi connectivity index (χ4n) is 2.50. The van der Waals surface area contributed by atoms with Crippen molar-refractivity contribution in [3.8, 4) is 11.8 Å². The largest absolute Gasteiger partial charge is 0.435 e. The van der Waals surface area contributed by atoms with Gasteiger partial charge in [-0.05, 0) is 48.5 Å². The highest BCUT2D eigenvalue weighted by molar-refractivity contribution is 6.04. The molecule has 0 aliphatic rings. The van der Waals surface area contributed by atoms with E-state index in [1.165, 1.54) is 24.3 Å². The maximum absolute atomic E-state index is 13.1. The molecule has 0 saturated heterocycles. The SMILES string of the molecule is N#Cc1ccc(NC(=O)c2ccc(-n3nc(C(F)(F)F)cc3C(F)(F)F)cc2)cc1. The summed E-state index contributed by atoms with van der Waals surface area (Å²) in [5.74, 6) is -0.598. The van der Waals surface area contributed by atoms with Crippen LogP contribution >= 0.6 is 0 Å². The molecule has 30 heavy (non-hydrogen) atoms. The van der Waals surface area contributed by atoms with Crippen molar-refractivity contribution in [2.75, 3.05) is 5.32 Å². The van der Waals surface area contributed by atoms with Crippen LogP contribution in [0.2, 0.25) is 0 Å². The van der Waals surface area contributed by atoms with Crippen LogP contribution in [0.3, 0.4) is 0 Å². The molecular weight excluding hydrogens is 414 g/mol. The summed E-state index contributed by atoms with van der Waals surface area (Å²) in [7, 11) is 0. The van der Waals surface area contributed by atoms with Gasteiger partial charge in [0.25, 0.3) is 5.91 Å². The molecule has 1 aromatic heterocycles. The van der Waals surface area contributed by atoms with Crippen LogP contribution in [0, 0.1) is 11.3 Å². The Balaban J connectivity index is 1.87. The molecule has 3 aromatic rings. The van der Waals surface area contributed by atoms with E-state index in [0.717, 1.165) is 24.3 Å². The first-order chi connectivity index (χ1) is 14.0. The lowest BCUT2D eigenvalue weighted by molar-refractivity contribution is -0.143. The first-order valence-corrected chi connectivity index (χ1v) is 8.15. The number of nitriles is 1. The van der Waals surface area contributed by atoms with Gasteiger partial charge in [0.1, 0.15) is 5.69 Å². The Morgan fingerprint density at radius 3 is 2.03 bits per heavy atom. The van der Waals surface area contributed by atoms with E-state index >= 15 is 0 Å². The van der Waals surface area contributed by atoms with E-state index in [1.807, 2.05) is 6.07 Å². The molecule has 0 unspecified atom stereocenters. The minimum absolute atomic E-state index is 0.0554. The lowest BCUT2D eigenvalue weighted by Gasteiger charge is -2.11. The fraction of sp³-hybridized carbons (Fsp3) is 0.105. The zero-order valence-corrected chi connectivity index (χ0v) is 14.7. The van der Waals surface area contributed by atoms with Crippen molar-refractivity contribution in [3.63, 3.8) is 0 Å². The molecule has 1 heterocycles. The number of nitrogens with zero attached hydrogens (tertiary/aromatic N) is 3. The second-order valence-corrected chi connectivity index (χ2v) is 6.01. The smallest absolute Gasteiger partial charge is 0.322 e. The summed E-state index contributed by atoms with van der Waals surface area (Å²) in [5, 5.41) is 14.3. The number of nitrogens with one attached hydrogen (secondary N) is 1. The fourth-order valence-corrected chi connectivity index (χ4v) is 2.50. The second kappa shape index (κ2) is 7.55. The summed E-state index contributed by atoms with van der Waals surface area (Å²) in [6, 6.07) is 12.2. The number of hydrogen-bond donors (Lipinski definition) is 1. The highest BCUT2D eigenvalue weighted by atomic mass is 19.4. The van der Waals surface area contributed by atoms with E-state index < -0.39 is 29.6 Å². The van der Waals surface area contributed by atoms with Crippen LogP contribution in [-0.4, -0.2) is 15.7 Å². The van der Waals surface area contributed by atoms with Crippen LogP contribution in [0.4, 0.5) is 32.0 Å². The first kappa shape index (κ1) is 20.9. The molecule has 0 spiro atoms. The molecule has 2 aromatic carbocycles. The van der Waals surface area contributed by atoms with Gasteiger partial charge in [-0.3, -0.25) is 4.79 Å². The van der Waals surface area contributed by atoms with Gasteiger partial charge in [0.2, 0.25) is 0 Å². The van der Waals surface area contributed by atoms with Crippen LogP contribution in [0.1, 0.15) is 27.3 Å². The number of carbonyl (C=O) groups excluding carboxylic acids is 1. The van der Waals surface area contributed by atoms with Crippen LogP contribution in [0.15, 0.2) is 54.6 Å². The molecule has 5 nitrogen and oxygen atoms in total. The van der Waals surface area contributed by atoms with E-state index in [0.29, 0.717) is 11.3 Å². The standard InChI is InChI=1S/C19H10F6N4O/c20-18(21,22)15-9-16(19(23,24)25)29(28-15)14-7-3-12(4-8-14)17(30)27-13-5-1-11(10-26)2-6-13/h1-9H,(H,27,30). The Morgan fingerprint density at radius 1 is 0.933 bits per heavy atom. The summed E-state index contributed by atoms with van der Waals surface area (Å²) in [4.78, 5) is 12.3. The zero-order valence-electron chi connectivity index (χ0n) is 14.7. The predicted molar refractivity (Wildman–Crippen MR) is 92.7 cm³/mol. The quantitative estimate of drug-likeness (QED) is 0.600. The number of rotatable bonds is 3. The number of hydrogen-bond acceptors (Lipinski definition) is 3. The van der Waals surface area contributed by atoms with Gasteiger partial charge in [-0.15, -0.1) is 0 Å². The summed E-state index contributed by atoms with van der Waals surface area (Å²) in [6.07, 6.45) is -10.1. The van der Waals surface area contributed by atoms with Crippen molar-refractivity contribution in [2.24, 2.45) is 0 Å². The molecule has 0 saturated carbocycles. The Hall–Kier alpha value is -3.81. The van der Waals surface area contributed by atoms with Gasteiger partial charge < -0.3 is 5.32 Å². The normalized spacial score (nSPS) is 11.8. The molecule has 0 radical (unpaired) electrons. The van der Waals surface area contributed by atoms with Crippen molar-refractivity contribution in [1.29, 1.82) is 5.26 Å². The highest BCUT2D eigenvalue weighted by Crippen LogP contribution is 2.36. The molecule has 1 amide bonds. The Kier molecular flexibility index (Phi) is 5.26. The maximum Gasteiger partial charge on any atom is 0.435 e. The number of alkyl halides is 6. The minimum Gasteiger partial charge on any atom is -0.322 e. The van der Waals surface area contributed by atoms with E-state index in [4.69, 9.17) is 5.26 Å². The van der Waals surface area contributed by atoms with Gasteiger partial charge in [0.05, 0.1) is 17.3 Å². The summed E-state index contributed by atoms with van der Waals surface area (Å²) in [5.41, 5.74) is -2.76. The molecule has 11 heteroatoms. The van der Waals surface area contributed by atoms with Crippen LogP contribution < -0.4 is 5.32 Å². The predicted octanol–water partition coefficient (Wildman–Crippen LogP) is 5.03. The number of benzene rings is 2. The number of halogens is 6. The van der Waals surface area contributed by atoms with Crippen LogP contribution in [0.5, 0.6) is 0 Å². The van der Waals surface area contributed by atoms with Gasteiger partial charge in [0, 0.05) is 17.3 Å². The van der Waals surface area contributed by atoms with Crippen molar-refractivity contribution in [3.05, 3.63) is 77.1 Å². The van der Waals surface area contributed by atoms with Crippen molar-refractivity contribution < 1.29 is 31.1 Å². The van der Waals surface area contributed by atoms with Crippen molar-refractivity contribution in [1.82, 2.24) is 9.78 Å². The van der Waals surface area contributed by atoms with Gasteiger partial charge in [-0.1, -0.05) is 0 Å². The van der Waals surface area contributed by atoms with Gasteiger partial charge in [-0.2, -0.15) is 36.7 Å². The van der Waals surface area contributed by atoms with Crippen molar-refractivity contribution in [2.45, 2.75) is 12.4 Å². The average Bonchev–Trinajstić information content (AvgIpc) is 3.15. The molecule has 0 atom stereocenters. The summed E-state index contributed by atoms with van der Waals surface area (Å²) < 4.78 is 77.9. The first-order valence-electron chi connectivity index (χ1n) is 8.15. The third-order valence-electron chi connectivity index (χ3n) is 3.94. The van der Waals surface area contributed by atoms with Gasteiger partial charge >= 0.3 is 12.4 Å². The maximum atomic E-state index is 13.1. The van der Waals surface area contributed by atoms with E-state index in [-0.39, 0.29) is 22.0 Å². The Labute approximate surface area is 165 Å². The molecule has 0 aliphatic heterocycles. The van der Waals surface area contributed by atoms with E-state index in [2.05, 4.69) is 10.4 Å². The average molecular weight is 424 g/mol. The summed E-state index contributed by atoms with van der Waals surface area (Å²) in [6.45, 7) is 0. The van der Waals surface area contributed by atoms with Gasteiger partial charge in [-0.25, -0.2) is 4.68 Å². The Morgan fingerprint density at radius 2 is 1.53 bits per heavy atom. The highest BCUT2D eigenvalue weighted by Gasteiger charge is 2.42. The second-order valence-electron chi connectivity index (χ2n) is 6.01. The minimum atomic E-state index is -5.07. The molecule has 0 aliphatic carbocycles. The third kappa shape index (κ3) is 4.43. The summed E-state index contributed by atoms with van der Waals surface area (Å²) >= 11 is 0. The lowest BCUT2D eigenvalue weighted by Crippen LogP contribution is -2.14. The topological polar surface area (TPSA) is 70.7 Å². The number of anilines is 1. The molecule has 0 bridgehead atoms. The molecular formula is C19H10F6N4O. The molecule has 3 rings (SSSR count). The van der Waals surface area contributed by atoms with E-state index in [1.54, 1.807) is 0 Å². The molecule has 154 valence electrons. The molecule has 1 N–H and O–H groups in total. The zero-order chi connectivity index (χ0) is 22.1. The molecule has 0 fully saturated rings. The number of amides is 1. The third-order valence-corrected chi connectivity index (χ3v) is 3.94. The Bertz CT molecular complexity index is 1110.